The highest BCUT2D eigenvalue weighted by Crippen LogP contribution is 2.21. The van der Waals surface area contributed by atoms with Crippen molar-refractivity contribution in [1.29, 1.82) is 0 Å². The average molecular weight is 288 g/mol. The summed E-state index contributed by atoms with van der Waals surface area (Å²) >= 11 is 0. The Morgan fingerprint density at radius 3 is 2.57 bits per heavy atom. The number of rotatable bonds is 3. The van der Waals surface area contributed by atoms with Crippen molar-refractivity contribution in [3.8, 4) is 0 Å². The van der Waals surface area contributed by atoms with Crippen LogP contribution in [0.25, 0.3) is 0 Å². The number of aryl methyl sites for hydroxylation is 2. The summed E-state index contributed by atoms with van der Waals surface area (Å²) in [4.78, 5) is 22.4. The smallest absolute Gasteiger partial charge is 0.273 e. The Morgan fingerprint density at radius 2 is 1.90 bits per heavy atom. The molecule has 0 aliphatic carbocycles. The standard InChI is InChI=1S/C15H13FN2O3/c1-9-3-6-12(16)13(7-9)17-15(19)11-5-4-10(2)14(8-11)18(20)21/h3-8H,1-2H3,(H,17,19). The van der Waals surface area contributed by atoms with Gasteiger partial charge in [-0.2, -0.15) is 0 Å². The molecule has 6 heteroatoms. The second kappa shape index (κ2) is 5.70. The van der Waals surface area contributed by atoms with Gasteiger partial charge in [-0.15, -0.1) is 0 Å². The molecule has 0 heterocycles. The van der Waals surface area contributed by atoms with Crippen LogP contribution in [0.1, 0.15) is 21.5 Å². The summed E-state index contributed by atoms with van der Waals surface area (Å²) in [5.74, 6) is -1.15. The maximum atomic E-state index is 13.6. The quantitative estimate of drug-likeness (QED) is 0.692. The van der Waals surface area contributed by atoms with E-state index in [2.05, 4.69) is 5.32 Å². The normalized spacial score (nSPS) is 10.2. The molecule has 0 saturated heterocycles. The van der Waals surface area contributed by atoms with Gasteiger partial charge >= 0.3 is 0 Å². The third-order valence-corrected chi connectivity index (χ3v) is 3.04. The highest BCUT2D eigenvalue weighted by molar-refractivity contribution is 6.04. The Kier molecular flexibility index (Phi) is 3.98. The van der Waals surface area contributed by atoms with E-state index in [1.54, 1.807) is 19.9 Å². The SMILES string of the molecule is Cc1ccc(F)c(NC(=O)c2ccc(C)c([N+](=O)[O-])c2)c1. The maximum Gasteiger partial charge on any atom is 0.273 e. The average Bonchev–Trinajstić information content (AvgIpc) is 2.43. The molecule has 5 nitrogen and oxygen atoms in total. The zero-order chi connectivity index (χ0) is 15.6. The first-order chi connectivity index (χ1) is 9.88. The fraction of sp³-hybridized carbons (Fsp3) is 0.133. The van der Waals surface area contributed by atoms with E-state index in [1.165, 1.54) is 30.3 Å². The molecule has 0 atom stereocenters. The number of hydrogen-bond donors (Lipinski definition) is 1. The second-order valence-corrected chi connectivity index (χ2v) is 4.70. The van der Waals surface area contributed by atoms with E-state index in [0.717, 1.165) is 5.56 Å². The number of amides is 1. The van der Waals surface area contributed by atoms with Crippen molar-refractivity contribution in [2.75, 3.05) is 5.32 Å². The summed E-state index contributed by atoms with van der Waals surface area (Å²) in [6, 6.07) is 8.46. The lowest BCUT2D eigenvalue weighted by molar-refractivity contribution is -0.385. The topological polar surface area (TPSA) is 72.2 Å². The lowest BCUT2D eigenvalue weighted by Gasteiger charge is -2.08. The summed E-state index contributed by atoms with van der Waals surface area (Å²) in [6.45, 7) is 3.35. The largest absolute Gasteiger partial charge is 0.319 e. The summed E-state index contributed by atoms with van der Waals surface area (Å²) < 4.78 is 13.6. The number of nitrogens with one attached hydrogen (secondary N) is 1. The number of benzene rings is 2. The minimum absolute atomic E-state index is 0.0447. The van der Waals surface area contributed by atoms with Crippen LogP contribution in [0.5, 0.6) is 0 Å². The number of nitro benzene ring substituents is 1. The molecular weight excluding hydrogens is 275 g/mol. The van der Waals surface area contributed by atoms with Crippen molar-refractivity contribution in [3.05, 3.63) is 69.0 Å². The molecule has 2 aromatic rings. The van der Waals surface area contributed by atoms with Gasteiger partial charge in [0.2, 0.25) is 0 Å². The number of nitro groups is 1. The van der Waals surface area contributed by atoms with Crippen LogP contribution in [0.2, 0.25) is 0 Å². The van der Waals surface area contributed by atoms with Gasteiger partial charge in [0.05, 0.1) is 10.6 Å². The Bertz CT molecular complexity index is 729. The van der Waals surface area contributed by atoms with Gasteiger partial charge in [-0.3, -0.25) is 14.9 Å². The third-order valence-electron chi connectivity index (χ3n) is 3.04. The predicted molar refractivity (Wildman–Crippen MR) is 76.9 cm³/mol. The number of nitrogens with zero attached hydrogens (tertiary/aromatic N) is 1. The highest BCUT2D eigenvalue weighted by atomic mass is 19.1. The number of carbonyl (C=O) groups excluding carboxylic acids is 1. The van der Waals surface area contributed by atoms with Crippen molar-refractivity contribution in [2.24, 2.45) is 0 Å². The molecule has 0 aromatic heterocycles. The van der Waals surface area contributed by atoms with Crippen molar-refractivity contribution < 1.29 is 14.1 Å². The molecule has 21 heavy (non-hydrogen) atoms. The molecule has 0 aliphatic heterocycles. The van der Waals surface area contributed by atoms with Crippen LogP contribution in [0.15, 0.2) is 36.4 Å². The molecule has 108 valence electrons. The van der Waals surface area contributed by atoms with Gasteiger partial charge in [0.15, 0.2) is 0 Å². The molecule has 2 aromatic carbocycles. The Balaban J connectivity index is 2.30. The molecule has 0 radical (unpaired) electrons. The number of hydrogen-bond acceptors (Lipinski definition) is 3. The van der Waals surface area contributed by atoms with E-state index in [-0.39, 0.29) is 16.9 Å². The van der Waals surface area contributed by atoms with Gasteiger partial charge in [-0.05, 0) is 37.6 Å². The molecule has 0 unspecified atom stereocenters. The van der Waals surface area contributed by atoms with Gasteiger partial charge in [-0.25, -0.2) is 4.39 Å². The number of carbonyl (C=O) groups is 1. The lowest BCUT2D eigenvalue weighted by Crippen LogP contribution is -2.13. The molecule has 0 aliphatic rings. The minimum atomic E-state index is -0.595. The van der Waals surface area contributed by atoms with E-state index in [1.807, 2.05) is 0 Å². The first-order valence-electron chi connectivity index (χ1n) is 6.21. The van der Waals surface area contributed by atoms with Crippen LogP contribution in [-0.4, -0.2) is 10.8 Å². The van der Waals surface area contributed by atoms with Crippen LogP contribution in [0.4, 0.5) is 15.8 Å². The van der Waals surface area contributed by atoms with Crippen LogP contribution >= 0.6 is 0 Å². The van der Waals surface area contributed by atoms with Crippen LogP contribution in [0, 0.1) is 29.8 Å². The van der Waals surface area contributed by atoms with E-state index in [4.69, 9.17) is 0 Å². The summed E-state index contributed by atoms with van der Waals surface area (Å²) in [7, 11) is 0. The first kappa shape index (κ1) is 14.6. The number of halogens is 1. The van der Waals surface area contributed by atoms with E-state index < -0.39 is 16.6 Å². The van der Waals surface area contributed by atoms with Gasteiger partial charge in [0.1, 0.15) is 5.82 Å². The molecular formula is C15H13FN2O3. The van der Waals surface area contributed by atoms with Crippen molar-refractivity contribution >= 4 is 17.3 Å². The van der Waals surface area contributed by atoms with Crippen LogP contribution in [0.3, 0.4) is 0 Å². The Labute approximate surface area is 120 Å². The molecule has 1 amide bonds. The predicted octanol–water partition coefficient (Wildman–Crippen LogP) is 3.60. The summed E-state index contributed by atoms with van der Waals surface area (Å²) in [5.41, 5.74) is 1.25. The van der Waals surface area contributed by atoms with Gasteiger partial charge < -0.3 is 5.32 Å². The summed E-state index contributed by atoms with van der Waals surface area (Å²) in [5, 5.41) is 13.3. The van der Waals surface area contributed by atoms with Crippen molar-refractivity contribution in [1.82, 2.24) is 0 Å². The Hall–Kier alpha value is -2.76. The zero-order valence-corrected chi connectivity index (χ0v) is 11.5. The molecule has 0 saturated carbocycles. The summed E-state index contributed by atoms with van der Waals surface area (Å²) in [6.07, 6.45) is 0. The van der Waals surface area contributed by atoms with Crippen LogP contribution in [-0.2, 0) is 0 Å². The van der Waals surface area contributed by atoms with Gasteiger partial charge in [0.25, 0.3) is 11.6 Å². The Morgan fingerprint density at radius 1 is 1.19 bits per heavy atom. The van der Waals surface area contributed by atoms with Gasteiger partial charge in [-0.1, -0.05) is 12.1 Å². The third kappa shape index (κ3) is 3.22. The fourth-order valence-corrected chi connectivity index (χ4v) is 1.88. The van der Waals surface area contributed by atoms with E-state index in [9.17, 15) is 19.3 Å². The minimum Gasteiger partial charge on any atom is -0.319 e. The fourth-order valence-electron chi connectivity index (χ4n) is 1.88. The highest BCUT2D eigenvalue weighted by Gasteiger charge is 2.16. The monoisotopic (exact) mass is 288 g/mol. The number of anilines is 1. The molecule has 1 N–H and O–H groups in total. The molecule has 2 rings (SSSR count). The van der Waals surface area contributed by atoms with Crippen molar-refractivity contribution in [2.45, 2.75) is 13.8 Å². The molecule has 0 fully saturated rings. The van der Waals surface area contributed by atoms with Crippen LogP contribution < -0.4 is 5.32 Å². The molecule has 0 spiro atoms. The lowest BCUT2D eigenvalue weighted by atomic mass is 10.1. The van der Waals surface area contributed by atoms with Crippen molar-refractivity contribution in [3.63, 3.8) is 0 Å². The van der Waals surface area contributed by atoms with E-state index >= 15 is 0 Å². The zero-order valence-electron chi connectivity index (χ0n) is 11.5. The second-order valence-electron chi connectivity index (χ2n) is 4.70. The molecule has 0 bridgehead atoms. The van der Waals surface area contributed by atoms with E-state index in [0.29, 0.717) is 5.56 Å². The maximum absolute atomic E-state index is 13.6. The van der Waals surface area contributed by atoms with Gasteiger partial charge in [0, 0.05) is 17.2 Å². The first-order valence-corrected chi connectivity index (χ1v) is 6.21.